The lowest BCUT2D eigenvalue weighted by atomic mass is 10.2. The van der Waals surface area contributed by atoms with E-state index in [1.807, 2.05) is 37.3 Å². The molecular formula is C12H11ClN2. The number of aryl methyl sites for hydroxylation is 1. The normalized spacial score (nSPS) is 10.5. The third-order valence-corrected chi connectivity index (χ3v) is 2.52. The van der Waals surface area contributed by atoms with Crippen molar-refractivity contribution < 1.29 is 0 Å². The molecule has 0 fully saturated rings. The number of halogens is 1. The number of rotatable bonds is 0. The average molecular weight is 219 g/mol. The van der Waals surface area contributed by atoms with Crippen molar-refractivity contribution in [1.82, 2.24) is 4.98 Å². The quantitative estimate of drug-likeness (QED) is 0.621. The molecule has 2 bridgehead atoms. The molecule has 0 amide bonds. The fourth-order valence-electron chi connectivity index (χ4n) is 1.23. The lowest BCUT2D eigenvalue weighted by Gasteiger charge is -2.19. The molecule has 1 aromatic carbocycles. The van der Waals surface area contributed by atoms with E-state index in [-0.39, 0.29) is 0 Å². The van der Waals surface area contributed by atoms with Crippen molar-refractivity contribution in [3.8, 4) is 0 Å². The first-order valence-electron chi connectivity index (χ1n) is 4.69. The van der Waals surface area contributed by atoms with Gasteiger partial charge in [0.25, 0.3) is 0 Å². The first-order valence-corrected chi connectivity index (χ1v) is 5.07. The molecule has 2 aromatic rings. The number of fused-ring (bicyclic) bond motifs is 2. The van der Waals surface area contributed by atoms with E-state index < -0.39 is 0 Å². The molecule has 3 heterocycles. The second kappa shape index (κ2) is 4.32. The number of hydrogen-bond acceptors (Lipinski definition) is 2. The van der Waals surface area contributed by atoms with E-state index in [0.717, 1.165) is 16.4 Å². The Kier molecular flexibility index (Phi) is 2.88. The van der Waals surface area contributed by atoms with Crippen LogP contribution in [0.5, 0.6) is 0 Å². The summed E-state index contributed by atoms with van der Waals surface area (Å²) in [5, 5.41) is 3.92. The Labute approximate surface area is 93.9 Å². The molecule has 0 spiro atoms. The van der Waals surface area contributed by atoms with Gasteiger partial charge in [0, 0.05) is 12.4 Å². The van der Waals surface area contributed by atoms with Crippen LogP contribution in [-0.2, 0) is 0 Å². The van der Waals surface area contributed by atoms with Crippen LogP contribution in [0.1, 0.15) is 5.56 Å². The summed E-state index contributed by atoms with van der Waals surface area (Å²) in [5.41, 5.74) is 3.35. The van der Waals surface area contributed by atoms with Gasteiger partial charge < -0.3 is 5.32 Å². The van der Waals surface area contributed by atoms with E-state index in [1.165, 1.54) is 5.56 Å². The Bertz CT molecular complexity index is 434. The molecular weight excluding hydrogens is 208 g/mol. The SMILES string of the molecule is Cc1ccncc1.Clc1c2cccc1N2. The largest absolute Gasteiger partial charge is 0.353 e. The van der Waals surface area contributed by atoms with E-state index in [1.54, 1.807) is 12.4 Å². The van der Waals surface area contributed by atoms with Crippen molar-refractivity contribution in [3.05, 3.63) is 53.3 Å². The first-order chi connectivity index (χ1) is 7.27. The predicted octanol–water partition coefficient (Wildman–Crippen LogP) is 3.79. The second-order valence-corrected chi connectivity index (χ2v) is 3.69. The maximum atomic E-state index is 5.71. The predicted molar refractivity (Wildman–Crippen MR) is 63.7 cm³/mol. The summed E-state index contributed by atoms with van der Waals surface area (Å²) < 4.78 is 0. The molecule has 76 valence electrons. The zero-order chi connectivity index (χ0) is 10.7. The summed E-state index contributed by atoms with van der Waals surface area (Å²) >= 11 is 5.71. The van der Waals surface area contributed by atoms with Gasteiger partial charge in [0.2, 0.25) is 0 Å². The standard InChI is InChI=1S/C6H4ClN.C6H7N/c7-6-4-2-1-3-5(6)8-4;1-6-2-4-7-5-3-6/h1-3,8H;2-5H,1H3. The molecule has 1 aromatic heterocycles. The zero-order valence-corrected chi connectivity index (χ0v) is 9.12. The van der Waals surface area contributed by atoms with Gasteiger partial charge in [-0.2, -0.15) is 0 Å². The van der Waals surface area contributed by atoms with Crippen LogP contribution in [0.25, 0.3) is 0 Å². The van der Waals surface area contributed by atoms with E-state index in [2.05, 4.69) is 10.3 Å². The smallest absolute Gasteiger partial charge is 0.0875 e. The van der Waals surface area contributed by atoms with E-state index in [4.69, 9.17) is 11.6 Å². The Morgan fingerprint density at radius 3 is 1.93 bits per heavy atom. The van der Waals surface area contributed by atoms with Crippen LogP contribution in [0, 0.1) is 6.92 Å². The highest BCUT2D eigenvalue weighted by molar-refractivity contribution is 6.38. The minimum Gasteiger partial charge on any atom is -0.353 e. The van der Waals surface area contributed by atoms with Gasteiger partial charge in [-0.3, -0.25) is 4.98 Å². The Balaban J connectivity index is 0.000000115. The van der Waals surface area contributed by atoms with Gasteiger partial charge in [-0.1, -0.05) is 17.7 Å². The molecule has 0 aliphatic carbocycles. The zero-order valence-electron chi connectivity index (χ0n) is 8.37. The van der Waals surface area contributed by atoms with E-state index in [9.17, 15) is 0 Å². The number of aromatic nitrogens is 1. The highest BCUT2D eigenvalue weighted by Crippen LogP contribution is 2.40. The van der Waals surface area contributed by atoms with Crippen LogP contribution in [0.15, 0.2) is 42.7 Å². The average Bonchev–Trinajstić information content (AvgIpc) is 2.31. The summed E-state index contributed by atoms with van der Waals surface area (Å²) in [7, 11) is 0. The minimum absolute atomic E-state index is 0.868. The van der Waals surface area contributed by atoms with Crippen LogP contribution >= 0.6 is 11.6 Å². The first kappa shape index (κ1) is 9.99. The molecule has 2 aliphatic rings. The summed E-state index contributed by atoms with van der Waals surface area (Å²) in [6, 6.07) is 9.83. The topological polar surface area (TPSA) is 24.9 Å². The monoisotopic (exact) mass is 218 g/mol. The van der Waals surface area contributed by atoms with Crippen molar-refractivity contribution in [2.45, 2.75) is 6.92 Å². The molecule has 0 unspecified atom stereocenters. The van der Waals surface area contributed by atoms with Gasteiger partial charge in [0.1, 0.15) is 0 Å². The highest BCUT2D eigenvalue weighted by atomic mass is 35.5. The third-order valence-electron chi connectivity index (χ3n) is 2.12. The summed E-state index contributed by atoms with van der Waals surface area (Å²) in [6.07, 6.45) is 3.57. The van der Waals surface area contributed by atoms with Crippen LogP contribution in [0.4, 0.5) is 11.4 Å². The molecule has 0 saturated carbocycles. The minimum atomic E-state index is 0.868. The molecule has 2 aliphatic heterocycles. The lowest BCUT2D eigenvalue weighted by Crippen LogP contribution is -2.01. The number of anilines is 2. The number of nitrogens with one attached hydrogen (secondary N) is 1. The van der Waals surface area contributed by atoms with E-state index in [0.29, 0.717) is 0 Å². The number of nitrogens with zero attached hydrogens (tertiary/aromatic N) is 1. The van der Waals surface area contributed by atoms with Crippen LogP contribution < -0.4 is 5.32 Å². The van der Waals surface area contributed by atoms with Gasteiger partial charge in [-0.15, -0.1) is 0 Å². The van der Waals surface area contributed by atoms with Crippen molar-refractivity contribution in [1.29, 1.82) is 0 Å². The number of pyridine rings is 1. The van der Waals surface area contributed by atoms with Crippen molar-refractivity contribution in [2.24, 2.45) is 0 Å². The van der Waals surface area contributed by atoms with Crippen LogP contribution in [0.3, 0.4) is 0 Å². The maximum Gasteiger partial charge on any atom is 0.0875 e. The van der Waals surface area contributed by atoms with Gasteiger partial charge in [0.15, 0.2) is 0 Å². The number of benzene rings is 1. The van der Waals surface area contributed by atoms with Gasteiger partial charge >= 0.3 is 0 Å². The highest BCUT2D eigenvalue weighted by Gasteiger charge is 2.13. The molecule has 0 atom stereocenters. The maximum absolute atomic E-state index is 5.71. The van der Waals surface area contributed by atoms with Gasteiger partial charge in [-0.25, -0.2) is 0 Å². The Morgan fingerprint density at radius 2 is 1.67 bits per heavy atom. The molecule has 15 heavy (non-hydrogen) atoms. The Hall–Kier alpha value is -1.54. The summed E-state index contributed by atoms with van der Waals surface area (Å²) in [6.45, 7) is 2.04. The van der Waals surface area contributed by atoms with Gasteiger partial charge in [-0.05, 0) is 36.8 Å². The van der Waals surface area contributed by atoms with Crippen molar-refractivity contribution in [3.63, 3.8) is 0 Å². The Morgan fingerprint density at radius 1 is 1.07 bits per heavy atom. The fraction of sp³-hybridized carbons (Fsp3) is 0.0833. The molecule has 2 nitrogen and oxygen atoms in total. The van der Waals surface area contributed by atoms with Crippen molar-refractivity contribution >= 4 is 23.0 Å². The van der Waals surface area contributed by atoms with E-state index >= 15 is 0 Å². The third kappa shape index (κ3) is 2.28. The molecule has 0 saturated heterocycles. The van der Waals surface area contributed by atoms with Crippen LogP contribution in [-0.4, -0.2) is 4.98 Å². The molecule has 3 heteroatoms. The second-order valence-electron chi connectivity index (χ2n) is 3.32. The molecule has 1 N–H and O–H groups in total. The molecule has 4 rings (SSSR count). The summed E-state index contributed by atoms with van der Waals surface area (Å²) in [5.74, 6) is 0. The lowest BCUT2D eigenvalue weighted by molar-refractivity contribution is 1.29. The van der Waals surface area contributed by atoms with Crippen molar-refractivity contribution in [2.75, 3.05) is 5.32 Å². The van der Waals surface area contributed by atoms with Gasteiger partial charge in [0.05, 0.1) is 16.4 Å². The summed E-state index contributed by atoms with van der Waals surface area (Å²) in [4.78, 5) is 3.85. The molecule has 0 radical (unpaired) electrons. The van der Waals surface area contributed by atoms with Crippen LogP contribution in [0.2, 0.25) is 5.02 Å². The number of hydrogen-bond donors (Lipinski definition) is 1. The fourth-order valence-corrected chi connectivity index (χ4v) is 1.45.